The lowest BCUT2D eigenvalue weighted by atomic mass is 9.99. The molecule has 2 aliphatic rings. The Morgan fingerprint density at radius 1 is 1.13 bits per heavy atom. The molecule has 1 N–H and O–H groups in total. The predicted octanol–water partition coefficient (Wildman–Crippen LogP) is 3.00. The lowest BCUT2D eigenvalue weighted by Crippen LogP contribution is -2.11. The maximum Gasteiger partial charge on any atom is 0.0962 e. The van der Waals surface area contributed by atoms with Gasteiger partial charge in [0, 0.05) is 0 Å². The number of fused-ring (bicyclic) bond motifs is 1. The minimum absolute atomic E-state index is 0.470. The highest BCUT2D eigenvalue weighted by molar-refractivity contribution is 5.38. The first kappa shape index (κ1) is 9.41. The van der Waals surface area contributed by atoms with Crippen LogP contribution in [0.5, 0.6) is 0 Å². The van der Waals surface area contributed by atoms with Crippen LogP contribution in [0.4, 0.5) is 0 Å². The lowest BCUT2D eigenvalue weighted by Gasteiger charge is -2.13. The fourth-order valence-electron chi connectivity index (χ4n) is 3.51. The average molecular weight is 202 g/mol. The molecule has 0 amide bonds. The number of hydrogen-bond donors (Lipinski definition) is 1. The van der Waals surface area contributed by atoms with E-state index in [2.05, 4.69) is 19.1 Å². The molecule has 2 fully saturated rings. The summed E-state index contributed by atoms with van der Waals surface area (Å²) < 4.78 is 0. The number of aryl methyl sites for hydroxylation is 1. The van der Waals surface area contributed by atoms with Crippen molar-refractivity contribution in [3.63, 3.8) is 0 Å². The standard InChI is InChI=1S/C14H18O/c1-10-6-2-3-7-11(10)14(15)12-8-4-5-9-13(12)14/h2-3,6-7,12-13,15H,4-5,8-9H2,1H3. The van der Waals surface area contributed by atoms with Crippen molar-refractivity contribution in [1.82, 2.24) is 0 Å². The van der Waals surface area contributed by atoms with Gasteiger partial charge in [-0.15, -0.1) is 0 Å². The fourth-order valence-corrected chi connectivity index (χ4v) is 3.51. The van der Waals surface area contributed by atoms with Gasteiger partial charge in [-0.2, -0.15) is 0 Å². The van der Waals surface area contributed by atoms with Gasteiger partial charge >= 0.3 is 0 Å². The minimum Gasteiger partial charge on any atom is -0.385 e. The number of benzene rings is 1. The van der Waals surface area contributed by atoms with Gasteiger partial charge in [-0.3, -0.25) is 0 Å². The van der Waals surface area contributed by atoms with Crippen LogP contribution in [-0.2, 0) is 5.60 Å². The van der Waals surface area contributed by atoms with Gasteiger partial charge < -0.3 is 5.11 Å². The van der Waals surface area contributed by atoms with Crippen LogP contribution in [-0.4, -0.2) is 5.11 Å². The number of rotatable bonds is 1. The molecule has 80 valence electrons. The maximum absolute atomic E-state index is 10.7. The van der Waals surface area contributed by atoms with E-state index in [0.29, 0.717) is 11.8 Å². The summed E-state index contributed by atoms with van der Waals surface area (Å²) in [5, 5.41) is 10.7. The van der Waals surface area contributed by atoms with Gasteiger partial charge in [0.05, 0.1) is 5.60 Å². The molecule has 2 saturated carbocycles. The third kappa shape index (κ3) is 1.19. The Balaban J connectivity index is 1.98. The van der Waals surface area contributed by atoms with E-state index in [0.717, 1.165) is 0 Å². The zero-order valence-electron chi connectivity index (χ0n) is 9.24. The van der Waals surface area contributed by atoms with Crippen molar-refractivity contribution < 1.29 is 5.11 Å². The normalized spacial score (nSPS) is 38.5. The van der Waals surface area contributed by atoms with Crippen LogP contribution in [0.2, 0.25) is 0 Å². The molecule has 0 aromatic heterocycles. The summed E-state index contributed by atoms with van der Waals surface area (Å²) in [6.07, 6.45) is 5.04. The van der Waals surface area contributed by atoms with Gasteiger partial charge in [0.1, 0.15) is 0 Å². The van der Waals surface area contributed by atoms with E-state index in [9.17, 15) is 5.11 Å². The van der Waals surface area contributed by atoms with Crippen molar-refractivity contribution in [2.75, 3.05) is 0 Å². The van der Waals surface area contributed by atoms with Crippen LogP contribution in [0, 0.1) is 18.8 Å². The van der Waals surface area contributed by atoms with Crippen molar-refractivity contribution >= 4 is 0 Å². The SMILES string of the molecule is Cc1ccccc1C1(O)C2CCCCC21. The summed E-state index contributed by atoms with van der Waals surface area (Å²) in [6.45, 7) is 2.11. The van der Waals surface area contributed by atoms with Crippen molar-refractivity contribution in [1.29, 1.82) is 0 Å². The van der Waals surface area contributed by atoms with Crippen LogP contribution < -0.4 is 0 Å². The number of aliphatic hydroxyl groups is 1. The summed E-state index contributed by atoms with van der Waals surface area (Å²) in [5.41, 5.74) is 1.96. The summed E-state index contributed by atoms with van der Waals surface area (Å²) >= 11 is 0. The van der Waals surface area contributed by atoms with Crippen LogP contribution in [0.1, 0.15) is 36.8 Å². The summed E-state index contributed by atoms with van der Waals surface area (Å²) in [4.78, 5) is 0. The summed E-state index contributed by atoms with van der Waals surface area (Å²) in [5.74, 6) is 1.10. The quantitative estimate of drug-likeness (QED) is 0.742. The second-order valence-electron chi connectivity index (χ2n) is 5.14. The second-order valence-corrected chi connectivity index (χ2v) is 5.14. The molecule has 1 aromatic rings. The predicted molar refractivity (Wildman–Crippen MR) is 60.5 cm³/mol. The molecule has 2 atom stereocenters. The largest absolute Gasteiger partial charge is 0.385 e. The molecule has 0 spiro atoms. The van der Waals surface area contributed by atoms with Gasteiger partial charge in [0.2, 0.25) is 0 Å². The van der Waals surface area contributed by atoms with Crippen LogP contribution in [0.3, 0.4) is 0 Å². The third-order valence-corrected chi connectivity index (χ3v) is 4.36. The van der Waals surface area contributed by atoms with Crippen LogP contribution >= 0.6 is 0 Å². The van der Waals surface area contributed by atoms with E-state index in [1.165, 1.54) is 36.8 Å². The number of hydrogen-bond acceptors (Lipinski definition) is 1. The molecule has 0 heterocycles. The van der Waals surface area contributed by atoms with Gasteiger partial charge in [-0.1, -0.05) is 37.1 Å². The maximum atomic E-state index is 10.7. The molecule has 3 rings (SSSR count). The first-order valence-corrected chi connectivity index (χ1v) is 6.03. The van der Waals surface area contributed by atoms with Crippen molar-refractivity contribution in [3.05, 3.63) is 35.4 Å². The first-order valence-electron chi connectivity index (χ1n) is 6.03. The van der Waals surface area contributed by atoms with E-state index in [4.69, 9.17) is 0 Å². The Morgan fingerprint density at radius 3 is 2.33 bits per heavy atom. The molecular formula is C14H18O. The molecule has 0 aliphatic heterocycles. The van der Waals surface area contributed by atoms with Crippen molar-refractivity contribution in [3.8, 4) is 0 Å². The fraction of sp³-hybridized carbons (Fsp3) is 0.571. The topological polar surface area (TPSA) is 20.2 Å². The highest BCUT2D eigenvalue weighted by atomic mass is 16.3. The van der Waals surface area contributed by atoms with E-state index in [1.807, 2.05) is 12.1 Å². The van der Waals surface area contributed by atoms with E-state index >= 15 is 0 Å². The molecule has 0 bridgehead atoms. The lowest BCUT2D eigenvalue weighted by molar-refractivity contribution is 0.117. The molecule has 2 unspecified atom stereocenters. The third-order valence-electron chi connectivity index (χ3n) is 4.36. The Labute approximate surface area is 91.1 Å². The Morgan fingerprint density at radius 2 is 1.73 bits per heavy atom. The molecule has 2 aliphatic carbocycles. The first-order chi connectivity index (χ1) is 7.24. The zero-order valence-corrected chi connectivity index (χ0v) is 9.24. The molecule has 1 nitrogen and oxygen atoms in total. The Hall–Kier alpha value is -0.820. The van der Waals surface area contributed by atoms with Crippen LogP contribution in [0.25, 0.3) is 0 Å². The minimum atomic E-state index is -0.470. The van der Waals surface area contributed by atoms with E-state index < -0.39 is 5.60 Å². The summed E-state index contributed by atoms with van der Waals surface area (Å²) in [6, 6.07) is 8.31. The van der Waals surface area contributed by atoms with Gasteiger partial charge in [-0.05, 0) is 42.7 Å². The smallest absolute Gasteiger partial charge is 0.0962 e. The molecule has 0 saturated heterocycles. The highest BCUT2D eigenvalue weighted by Gasteiger charge is 2.64. The van der Waals surface area contributed by atoms with Crippen molar-refractivity contribution in [2.45, 2.75) is 38.2 Å². The second kappa shape index (κ2) is 3.08. The Bertz CT molecular complexity index is 371. The Kier molecular flexibility index (Phi) is 1.93. The van der Waals surface area contributed by atoms with Gasteiger partial charge in [0.25, 0.3) is 0 Å². The molecule has 0 radical (unpaired) electrons. The molecular weight excluding hydrogens is 184 g/mol. The van der Waals surface area contributed by atoms with Gasteiger partial charge in [0.15, 0.2) is 0 Å². The van der Waals surface area contributed by atoms with E-state index in [-0.39, 0.29) is 0 Å². The van der Waals surface area contributed by atoms with Crippen molar-refractivity contribution in [2.24, 2.45) is 11.8 Å². The molecule has 1 heteroatoms. The monoisotopic (exact) mass is 202 g/mol. The van der Waals surface area contributed by atoms with Gasteiger partial charge in [-0.25, -0.2) is 0 Å². The zero-order chi connectivity index (χ0) is 10.5. The summed E-state index contributed by atoms with van der Waals surface area (Å²) in [7, 11) is 0. The van der Waals surface area contributed by atoms with Crippen LogP contribution in [0.15, 0.2) is 24.3 Å². The highest BCUT2D eigenvalue weighted by Crippen LogP contribution is 2.64. The molecule has 1 aromatic carbocycles. The van der Waals surface area contributed by atoms with E-state index in [1.54, 1.807) is 0 Å². The average Bonchev–Trinajstić information content (AvgIpc) is 2.87. The molecule has 15 heavy (non-hydrogen) atoms.